The Morgan fingerprint density at radius 3 is 2.80 bits per heavy atom. The first kappa shape index (κ1) is 18.1. The summed E-state index contributed by atoms with van der Waals surface area (Å²) in [6.45, 7) is 7.27. The molecule has 3 heterocycles. The maximum atomic E-state index is 12.3. The van der Waals surface area contributed by atoms with Gasteiger partial charge in [0.05, 0.1) is 6.10 Å². The van der Waals surface area contributed by atoms with E-state index in [1.54, 1.807) is 0 Å². The molecule has 0 radical (unpaired) electrons. The van der Waals surface area contributed by atoms with E-state index in [2.05, 4.69) is 33.1 Å². The van der Waals surface area contributed by atoms with Crippen molar-refractivity contribution in [3.05, 3.63) is 24.4 Å². The summed E-state index contributed by atoms with van der Waals surface area (Å²) in [5.41, 5.74) is 5.60. The smallest absolute Gasteiger partial charge is 0.249 e. The molecule has 0 saturated carbocycles. The summed E-state index contributed by atoms with van der Waals surface area (Å²) >= 11 is 0. The van der Waals surface area contributed by atoms with Crippen LogP contribution >= 0.6 is 0 Å². The van der Waals surface area contributed by atoms with Crippen molar-refractivity contribution in [3.8, 4) is 0 Å². The molecule has 3 N–H and O–H groups in total. The van der Waals surface area contributed by atoms with Gasteiger partial charge in [0.1, 0.15) is 11.9 Å². The molecule has 7 heteroatoms. The molecular weight excluding hydrogens is 318 g/mol. The number of hydrogen-bond donors (Lipinski definition) is 2. The van der Waals surface area contributed by atoms with Crippen LogP contribution in [0.3, 0.4) is 0 Å². The molecular formula is C18H29N5O2. The number of nitrogens with one attached hydrogen (secondary N) is 1. The van der Waals surface area contributed by atoms with Gasteiger partial charge < -0.3 is 20.7 Å². The van der Waals surface area contributed by atoms with Crippen LogP contribution in [-0.2, 0) is 9.53 Å². The van der Waals surface area contributed by atoms with Crippen LogP contribution < -0.4 is 16.0 Å². The summed E-state index contributed by atoms with van der Waals surface area (Å²) in [4.78, 5) is 21.4. The minimum absolute atomic E-state index is 0.00410. The second-order valence-electron chi connectivity index (χ2n) is 6.95. The second-order valence-corrected chi connectivity index (χ2v) is 6.95. The van der Waals surface area contributed by atoms with Gasteiger partial charge in [-0.1, -0.05) is 6.07 Å². The van der Waals surface area contributed by atoms with Crippen molar-refractivity contribution < 1.29 is 9.53 Å². The fourth-order valence-corrected chi connectivity index (χ4v) is 3.54. The highest BCUT2D eigenvalue weighted by atomic mass is 16.5. The molecule has 1 aromatic heterocycles. The zero-order valence-corrected chi connectivity index (χ0v) is 14.9. The molecule has 0 aliphatic carbocycles. The number of piperazine rings is 1. The predicted octanol–water partition coefficient (Wildman–Crippen LogP) is 0.215. The largest absolute Gasteiger partial charge is 0.364 e. The lowest BCUT2D eigenvalue weighted by atomic mass is 10.1. The lowest BCUT2D eigenvalue weighted by Crippen LogP contribution is -2.52. The molecule has 2 fully saturated rings. The molecule has 3 atom stereocenters. The van der Waals surface area contributed by atoms with Gasteiger partial charge in [-0.25, -0.2) is 4.98 Å². The third kappa shape index (κ3) is 4.90. The van der Waals surface area contributed by atoms with Gasteiger partial charge in [0.15, 0.2) is 0 Å². The van der Waals surface area contributed by atoms with Crippen molar-refractivity contribution in [1.29, 1.82) is 0 Å². The van der Waals surface area contributed by atoms with E-state index >= 15 is 0 Å². The highest BCUT2D eigenvalue weighted by molar-refractivity contribution is 5.81. The van der Waals surface area contributed by atoms with Crippen LogP contribution in [0.4, 0.5) is 5.82 Å². The van der Waals surface area contributed by atoms with E-state index in [4.69, 9.17) is 10.5 Å². The van der Waals surface area contributed by atoms with Gasteiger partial charge in [0, 0.05) is 51.5 Å². The molecule has 1 aromatic rings. The zero-order chi connectivity index (χ0) is 17.6. The van der Waals surface area contributed by atoms with Crippen LogP contribution in [0.5, 0.6) is 0 Å². The Morgan fingerprint density at radius 2 is 2.16 bits per heavy atom. The molecule has 0 aromatic carbocycles. The van der Waals surface area contributed by atoms with Crippen molar-refractivity contribution in [2.24, 2.45) is 5.73 Å². The van der Waals surface area contributed by atoms with Crippen LogP contribution in [0.25, 0.3) is 0 Å². The van der Waals surface area contributed by atoms with Crippen LogP contribution in [0, 0.1) is 0 Å². The molecule has 138 valence electrons. The van der Waals surface area contributed by atoms with Gasteiger partial charge >= 0.3 is 0 Å². The van der Waals surface area contributed by atoms with E-state index in [0.29, 0.717) is 6.54 Å². The molecule has 2 aliphatic heterocycles. The Kier molecular flexibility index (Phi) is 6.23. The van der Waals surface area contributed by atoms with E-state index in [-0.39, 0.29) is 24.2 Å². The van der Waals surface area contributed by atoms with Crippen molar-refractivity contribution in [2.75, 3.05) is 44.2 Å². The normalized spacial score (nSPS) is 25.8. The van der Waals surface area contributed by atoms with Gasteiger partial charge in [0.25, 0.3) is 0 Å². The van der Waals surface area contributed by atoms with Crippen LogP contribution in [0.2, 0.25) is 0 Å². The highest BCUT2D eigenvalue weighted by Gasteiger charge is 2.30. The lowest BCUT2D eigenvalue weighted by Gasteiger charge is -2.36. The van der Waals surface area contributed by atoms with E-state index in [9.17, 15) is 4.79 Å². The fraction of sp³-hybridized carbons (Fsp3) is 0.667. The summed E-state index contributed by atoms with van der Waals surface area (Å²) in [5.74, 6) is 1.03. The number of nitrogens with zero attached hydrogens (tertiary/aromatic N) is 3. The Morgan fingerprint density at radius 1 is 1.36 bits per heavy atom. The monoisotopic (exact) mass is 347 g/mol. The molecule has 3 rings (SSSR count). The third-order valence-electron chi connectivity index (χ3n) is 4.93. The van der Waals surface area contributed by atoms with Gasteiger partial charge in [0.2, 0.25) is 5.91 Å². The summed E-state index contributed by atoms with van der Waals surface area (Å²) in [6, 6.07) is 6.12. The fourth-order valence-electron chi connectivity index (χ4n) is 3.54. The van der Waals surface area contributed by atoms with Gasteiger partial charge in [-0.05, 0) is 31.9 Å². The minimum Gasteiger partial charge on any atom is -0.364 e. The molecule has 25 heavy (non-hydrogen) atoms. The molecule has 0 spiro atoms. The molecule has 1 unspecified atom stereocenters. The van der Waals surface area contributed by atoms with Crippen LogP contribution in [0.1, 0.15) is 19.8 Å². The number of carbonyl (C=O) groups is 1. The van der Waals surface area contributed by atoms with Gasteiger partial charge in [-0.2, -0.15) is 0 Å². The van der Waals surface area contributed by atoms with E-state index in [1.807, 2.05) is 18.3 Å². The topological polar surface area (TPSA) is 83.7 Å². The molecule has 1 amide bonds. The first-order valence-electron chi connectivity index (χ1n) is 9.20. The van der Waals surface area contributed by atoms with E-state index in [0.717, 1.165) is 51.4 Å². The minimum atomic E-state index is -0.336. The maximum Gasteiger partial charge on any atom is 0.249 e. The number of ether oxygens (including phenoxy) is 1. The van der Waals surface area contributed by atoms with Gasteiger partial charge in [-0.3, -0.25) is 9.69 Å². The Hall–Kier alpha value is -1.70. The predicted molar refractivity (Wildman–Crippen MR) is 97.4 cm³/mol. The average molecular weight is 347 g/mol. The lowest BCUT2D eigenvalue weighted by molar-refractivity contribution is -0.132. The van der Waals surface area contributed by atoms with E-state index < -0.39 is 0 Å². The number of nitrogens with two attached hydrogens (primary N) is 1. The van der Waals surface area contributed by atoms with Crippen molar-refractivity contribution >= 4 is 11.7 Å². The standard InChI is InChI=1S/C18H29N5O2/c1-14(21-18(24)16-6-5-15(12-19)25-16)13-22-8-10-23(11-9-22)17-4-2-3-7-20-17/h2-4,7,14-16H,5-6,8-13,19H2,1H3,(H,21,24)/t14?,15-,16+/m1/s1. The molecule has 2 aliphatic rings. The first-order valence-corrected chi connectivity index (χ1v) is 9.20. The summed E-state index contributed by atoms with van der Waals surface area (Å²) in [7, 11) is 0. The zero-order valence-electron chi connectivity index (χ0n) is 14.9. The highest BCUT2D eigenvalue weighted by Crippen LogP contribution is 2.19. The number of anilines is 1. The third-order valence-corrected chi connectivity index (χ3v) is 4.93. The maximum absolute atomic E-state index is 12.3. The number of rotatable bonds is 6. The molecule has 7 nitrogen and oxygen atoms in total. The summed E-state index contributed by atoms with van der Waals surface area (Å²) < 4.78 is 5.66. The number of carbonyl (C=O) groups excluding carboxylic acids is 1. The molecule has 2 saturated heterocycles. The van der Waals surface area contributed by atoms with Crippen molar-refractivity contribution in [3.63, 3.8) is 0 Å². The van der Waals surface area contributed by atoms with Crippen molar-refractivity contribution in [1.82, 2.24) is 15.2 Å². The SMILES string of the molecule is CC(CN1CCN(c2ccccn2)CC1)NC(=O)[C@@H]1CC[C@H](CN)O1. The molecule has 0 bridgehead atoms. The Balaban J connectivity index is 1.39. The van der Waals surface area contributed by atoms with Crippen molar-refractivity contribution in [2.45, 2.75) is 38.0 Å². The second kappa shape index (κ2) is 8.60. The number of aromatic nitrogens is 1. The number of hydrogen-bond acceptors (Lipinski definition) is 6. The summed E-state index contributed by atoms with van der Waals surface area (Å²) in [6.07, 6.45) is 3.17. The van der Waals surface area contributed by atoms with E-state index in [1.165, 1.54) is 0 Å². The Labute approximate surface area is 149 Å². The average Bonchev–Trinajstić information content (AvgIpc) is 3.12. The number of amides is 1. The quantitative estimate of drug-likeness (QED) is 0.766. The Bertz CT molecular complexity index is 548. The number of pyridine rings is 1. The van der Waals surface area contributed by atoms with Crippen LogP contribution in [0.15, 0.2) is 24.4 Å². The summed E-state index contributed by atoms with van der Waals surface area (Å²) in [5, 5.41) is 3.08. The first-order chi connectivity index (χ1) is 12.2. The van der Waals surface area contributed by atoms with Crippen LogP contribution in [-0.4, -0.2) is 73.3 Å². The van der Waals surface area contributed by atoms with Gasteiger partial charge in [-0.15, -0.1) is 0 Å².